The minimum atomic E-state index is -0.590. The number of aliphatic imine (C=N–C) groups is 1. The van der Waals surface area contributed by atoms with E-state index in [2.05, 4.69) is 10.3 Å². The van der Waals surface area contributed by atoms with Crippen molar-refractivity contribution in [2.45, 2.75) is 0 Å². The number of carbonyl (C=O) groups is 1. The highest BCUT2D eigenvalue weighted by atomic mass is 127. The molecule has 0 aliphatic rings. The highest BCUT2D eigenvalue weighted by Crippen LogP contribution is 1.70. The molecule has 5 N–H and O–H groups in total. The van der Waals surface area contributed by atoms with E-state index in [4.69, 9.17) is 11.5 Å². The van der Waals surface area contributed by atoms with Crippen LogP contribution in [0.1, 0.15) is 0 Å². The van der Waals surface area contributed by atoms with Crippen LogP contribution in [0.4, 0.5) is 4.39 Å². The van der Waals surface area contributed by atoms with E-state index in [1.54, 1.807) is 0 Å². The van der Waals surface area contributed by atoms with Crippen molar-refractivity contribution >= 4 is 35.8 Å². The monoisotopic (exact) mass is 290 g/mol. The molecule has 0 aliphatic carbocycles. The van der Waals surface area contributed by atoms with Gasteiger partial charge in [-0.15, -0.1) is 24.0 Å². The molecule has 0 spiro atoms. The second kappa shape index (κ2) is 8.50. The Morgan fingerprint density at radius 3 is 2.50 bits per heavy atom. The summed E-state index contributed by atoms with van der Waals surface area (Å²) in [5.74, 6) is -0.545. The summed E-state index contributed by atoms with van der Waals surface area (Å²) in [5.41, 5.74) is 9.89. The van der Waals surface area contributed by atoms with Gasteiger partial charge in [0.15, 0.2) is 5.96 Å². The van der Waals surface area contributed by atoms with Crippen LogP contribution in [0.2, 0.25) is 0 Å². The number of alkyl halides is 1. The van der Waals surface area contributed by atoms with Gasteiger partial charge in [-0.05, 0) is 0 Å². The SMILES string of the molecule is I.NC(N)=NCC(=O)NCCF. The number of nitrogens with two attached hydrogens (primary N) is 2. The van der Waals surface area contributed by atoms with Gasteiger partial charge in [-0.1, -0.05) is 0 Å². The molecule has 0 aliphatic heterocycles. The van der Waals surface area contributed by atoms with Crippen LogP contribution in [0.5, 0.6) is 0 Å². The van der Waals surface area contributed by atoms with Crippen LogP contribution in [0.25, 0.3) is 0 Å². The first kappa shape index (κ1) is 14.0. The van der Waals surface area contributed by atoms with Crippen molar-refractivity contribution in [3.05, 3.63) is 0 Å². The normalized spacial score (nSPS) is 8.08. The molecular weight excluding hydrogens is 278 g/mol. The van der Waals surface area contributed by atoms with Crippen molar-refractivity contribution in [2.75, 3.05) is 19.8 Å². The molecule has 0 atom stereocenters. The zero-order valence-electron chi connectivity index (χ0n) is 6.42. The van der Waals surface area contributed by atoms with Crippen LogP contribution in [0.3, 0.4) is 0 Å². The first-order valence-electron chi connectivity index (χ1n) is 3.05. The molecule has 0 bridgehead atoms. The van der Waals surface area contributed by atoms with E-state index in [0.717, 1.165) is 0 Å². The van der Waals surface area contributed by atoms with Gasteiger partial charge >= 0.3 is 0 Å². The first-order chi connectivity index (χ1) is 5.16. The molecule has 0 saturated carbocycles. The highest BCUT2D eigenvalue weighted by Gasteiger charge is 1.96. The van der Waals surface area contributed by atoms with Crippen LogP contribution >= 0.6 is 24.0 Å². The molecule has 0 heterocycles. The minimum absolute atomic E-state index is 0. The lowest BCUT2D eigenvalue weighted by molar-refractivity contribution is -0.119. The van der Waals surface area contributed by atoms with E-state index in [1.165, 1.54) is 0 Å². The predicted octanol–water partition coefficient (Wildman–Crippen LogP) is -1.04. The number of amides is 1. The Bertz CT molecular complexity index is 160. The molecule has 0 radical (unpaired) electrons. The van der Waals surface area contributed by atoms with Crippen molar-refractivity contribution < 1.29 is 9.18 Å². The fraction of sp³-hybridized carbons (Fsp3) is 0.600. The summed E-state index contributed by atoms with van der Waals surface area (Å²) < 4.78 is 11.5. The lowest BCUT2D eigenvalue weighted by Gasteiger charge is -1.98. The molecule has 0 aromatic rings. The average molecular weight is 290 g/mol. The number of nitrogens with one attached hydrogen (secondary N) is 1. The van der Waals surface area contributed by atoms with Gasteiger partial charge < -0.3 is 16.8 Å². The third kappa shape index (κ3) is 9.40. The zero-order valence-corrected chi connectivity index (χ0v) is 8.75. The maximum atomic E-state index is 11.5. The maximum absolute atomic E-state index is 11.5. The maximum Gasteiger partial charge on any atom is 0.241 e. The molecule has 5 nitrogen and oxygen atoms in total. The Labute approximate surface area is 86.8 Å². The summed E-state index contributed by atoms with van der Waals surface area (Å²) in [6, 6.07) is 0. The van der Waals surface area contributed by atoms with Gasteiger partial charge in [0.05, 0.1) is 0 Å². The van der Waals surface area contributed by atoms with Crippen molar-refractivity contribution in [3.63, 3.8) is 0 Å². The Kier molecular flexibility index (Phi) is 9.88. The van der Waals surface area contributed by atoms with Crippen LogP contribution in [-0.4, -0.2) is 31.6 Å². The third-order valence-corrected chi connectivity index (χ3v) is 0.822. The lowest BCUT2D eigenvalue weighted by atomic mass is 10.5. The van der Waals surface area contributed by atoms with E-state index in [-0.39, 0.29) is 43.0 Å². The Morgan fingerprint density at radius 2 is 2.08 bits per heavy atom. The van der Waals surface area contributed by atoms with Gasteiger partial charge in [-0.3, -0.25) is 4.79 Å². The lowest BCUT2D eigenvalue weighted by Crippen LogP contribution is -2.30. The largest absolute Gasteiger partial charge is 0.370 e. The quantitative estimate of drug-likeness (QED) is 0.351. The topological polar surface area (TPSA) is 93.5 Å². The fourth-order valence-electron chi connectivity index (χ4n) is 0.406. The summed E-state index contributed by atoms with van der Waals surface area (Å²) in [5, 5.41) is 2.26. The van der Waals surface area contributed by atoms with Gasteiger partial charge in [0, 0.05) is 6.54 Å². The number of hydrogen-bond acceptors (Lipinski definition) is 2. The molecule has 1 amide bonds. The fourth-order valence-corrected chi connectivity index (χ4v) is 0.406. The first-order valence-corrected chi connectivity index (χ1v) is 3.05. The number of rotatable bonds is 4. The van der Waals surface area contributed by atoms with Gasteiger partial charge in [0.1, 0.15) is 13.2 Å². The van der Waals surface area contributed by atoms with Gasteiger partial charge in [-0.2, -0.15) is 0 Å². The van der Waals surface area contributed by atoms with E-state index < -0.39 is 12.6 Å². The van der Waals surface area contributed by atoms with Gasteiger partial charge in [-0.25, -0.2) is 9.38 Å². The summed E-state index contributed by atoms with van der Waals surface area (Å²) in [6.07, 6.45) is 0. The van der Waals surface area contributed by atoms with E-state index >= 15 is 0 Å². The number of hydrogen-bond donors (Lipinski definition) is 3. The van der Waals surface area contributed by atoms with Gasteiger partial charge in [0.2, 0.25) is 5.91 Å². The highest BCUT2D eigenvalue weighted by molar-refractivity contribution is 14.0. The number of nitrogens with zero attached hydrogens (tertiary/aromatic N) is 1. The van der Waals surface area contributed by atoms with Crippen molar-refractivity contribution in [1.82, 2.24) is 5.32 Å². The molecule has 0 aromatic heterocycles. The zero-order chi connectivity index (χ0) is 8.69. The van der Waals surface area contributed by atoms with Crippen molar-refractivity contribution in [2.24, 2.45) is 16.5 Å². The van der Waals surface area contributed by atoms with Crippen LogP contribution in [0, 0.1) is 0 Å². The molecule has 7 heteroatoms. The second-order valence-corrected chi connectivity index (χ2v) is 1.78. The molecule has 72 valence electrons. The van der Waals surface area contributed by atoms with Crippen LogP contribution in [-0.2, 0) is 4.79 Å². The Morgan fingerprint density at radius 1 is 1.50 bits per heavy atom. The number of guanidine groups is 1. The summed E-state index contributed by atoms with van der Waals surface area (Å²) in [4.78, 5) is 14.0. The van der Waals surface area contributed by atoms with Gasteiger partial charge in [0.25, 0.3) is 0 Å². The molecular formula is C5H12FIN4O. The van der Waals surface area contributed by atoms with Crippen LogP contribution < -0.4 is 16.8 Å². The van der Waals surface area contributed by atoms with E-state index in [1.807, 2.05) is 0 Å². The number of carbonyl (C=O) groups excluding carboxylic acids is 1. The summed E-state index contributed by atoms with van der Waals surface area (Å²) >= 11 is 0. The summed E-state index contributed by atoms with van der Waals surface area (Å²) in [6.45, 7) is -0.741. The van der Waals surface area contributed by atoms with E-state index in [0.29, 0.717) is 0 Å². The standard InChI is InChI=1S/C5H11FN4O.HI/c6-1-2-9-4(11)3-10-5(7)8;/h1-3H2,(H,9,11)(H4,7,8,10);1H. The molecule has 0 rings (SSSR count). The Balaban J connectivity index is 0. The molecule has 0 aromatic carbocycles. The third-order valence-electron chi connectivity index (χ3n) is 0.822. The average Bonchev–Trinajstić information content (AvgIpc) is 1.97. The predicted molar refractivity (Wildman–Crippen MR) is 55.1 cm³/mol. The van der Waals surface area contributed by atoms with E-state index in [9.17, 15) is 9.18 Å². The minimum Gasteiger partial charge on any atom is -0.370 e. The van der Waals surface area contributed by atoms with Crippen molar-refractivity contribution in [3.8, 4) is 0 Å². The molecule has 0 saturated heterocycles. The van der Waals surface area contributed by atoms with Crippen molar-refractivity contribution in [1.29, 1.82) is 0 Å². The molecule has 0 unspecified atom stereocenters. The molecule has 0 fully saturated rings. The molecule has 12 heavy (non-hydrogen) atoms. The Hall–Kier alpha value is -0.600. The van der Waals surface area contributed by atoms with Crippen LogP contribution in [0.15, 0.2) is 4.99 Å². The summed E-state index contributed by atoms with van der Waals surface area (Å²) in [7, 11) is 0. The second-order valence-electron chi connectivity index (χ2n) is 1.78. The number of halogens is 2. The smallest absolute Gasteiger partial charge is 0.241 e.